The molecule has 0 bridgehead atoms. The van der Waals surface area contributed by atoms with Gasteiger partial charge in [-0.15, -0.1) is 0 Å². The highest BCUT2D eigenvalue weighted by atomic mass is 32.2. The van der Waals surface area contributed by atoms with E-state index in [4.69, 9.17) is 14.6 Å². The number of hydrogen-bond acceptors (Lipinski definition) is 6. The van der Waals surface area contributed by atoms with Gasteiger partial charge in [0.1, 0.15) is 11.3 Å². The van der Waals surface area contributed by atoms with Crippen LogP contribution in [0.5, 0.6) is 5.75 Å². The van der Waals surface area contributed by atoms with Gasteiger partial charge in [-0.25, -0.2) is 18.4 Å². The van der Waals surface area contributed by atoms with Crippen LogP contribution in [0.1, 0.15) is 36.5 Å². The number of nitrogens with two attached hydrogens (primary N) is 1. The van der Waals surface area contributed by atoms with E-state index in [2.05, 4.69) is 0 Å². The summed E-state index contributed by atoms with van der Waals surface area (Å²) in [5.74, 6) is -0.987. The Kier molecular flexibility index (Phi) is 6.02. The Morgan fingerprint density at radius 1 is 1.32 bits per heavy atom. The molecule has 0 saturated carbocycles. The van der Waals surface area contributed by atoms with E-state index in [-0.39, 0.29) is 28.2 Å². The molecule has 1 fully saturated rings. The van der Waals surface area contributed by atoms with Crippen LogP contribution in [0.15, 0.2) is 23.1 Å². The first kappa shape index (κ1) is 19.2. The molecule has 1 aromatic carbocycles. The van der Waals surface area contributed by atoms with E-state index in [1.54, 1.807) is 4.90 Å². The molecule has 0 aliphatic carbocycles. The van der Waals surface area contributed by atoms with Gasteiger partial charge in [-0.2, -0.15) is 0 Å². The van der Waals surface area contributed by atoms with Crippen molar-refractivity contribution in [2.45, 2.75) is 37.1 Å². The molecule has 0 radical (unpaired) electrons. The van der Waals surface area contributed by atoms with Crippen molar-refractivity contribution in [3.05, 3.63) is 23.8 Å². The Morgan fingerprint density at radius 3 is 2.64 bits per heavy atom. The first-order valence-corrected chi connectivity index (χ1v) is 9.46. The summed E-state index contributed by atoms with van der Waals surface area (Å²) in [6, 6.07) is 3.72. The summed E-state index contributed by atoms with van der Waals surface area (Å²) in [6.45, 7) is 2.19. The molecule has 0 aromatic heterocycles. The monoisotopic (exact) mass is 370 g/mol. The largest absolute Gasteiger partial charge is 0.496 e. The lowest BCUT2D eigenvalue weighted by molar-refractivity contribution is -0.137. The third-order valence-corrected chi connectivity index (χ3v) is 5.08. The molecule has 1 saturated heterocycles. The summed E-state index contributed by atoms with van der Waals surface area (Å²) in [6.07, 6.45) is 2.92. The van der Waals surface area contributed by atoms with Crippen molar-refractivity contribution in [1.82, 2.24) is 4.90 Å². The van der Waals surface area contributed by atoms with Gasteiger partial charge in [0, 0.05) is 12.6 Å². The molecule has 1 amide bonds. The number of methoxy groups -OCH3 is 1. The molecule has 1 aliphatic heterocycles. The fourth-order valence-electron chi connectivity index (χ4n) is 2.78. The molecule has 25 heavy (non-hydrogen) atoms. The number of carbonyl (C=O) groups is 2. The van der Waals surface area contributed by atoms with E-state index in [0.29, 0.717) is 6.54 Å². The van der Waals surface area contributed by atoms with Gasteiger partial charge in [0.05, 0.1) is 12.0 Å². The predicted octanol–water partition coefficient (Wildman–Crippen LogP) is 0.900. The van der Waals surface area contributed by atoms with Crippen LogP contribution in [0, 0.1) is 0 Å². The third kappa shape index (κ3) is 4.70. The Labute approximate surface area is 146 Å². The molecule has 2 N–H and O–H groups in total. The standard InChI is InChI=1S/C16H22N2O6S/c1-11-5-3-4-8-18(11)15(19)10-24-16(20)13-9-12(25(17,21)22)6-7-14(13)23-2/h6-7,9,11H,3-5,8,10H2,1-2H3,(H2,17,21,22)/t11-/m1/s1. The predicted molar refractivity (Wildman–Crippen MR) is 89.7 cm³/mol. The smallest absolute Gasteiger partial charge is 0.342 e. The number of amides is 1. The number of likely N-dealkylation sites (tertiary alicyclic amines) is 1. The molecule has 1 heterocycles. The lowest BCUT2D eigenvalue weighted by atomic mass is 10.0. The number of carbonyl (C=O) groups excluding carboxylic acids is 2. The van der Waals surface area contributed by atoms with Crippen molar-refractivity contribution in [3.63, 3.8) is 0 Å². The Hall–Kier alpha value is -2.13. The van der Waals surface area contributed by atoms with Gasteiger partial charge in [0.15, 0.2) is 6.61 Å². The average molecular weight is 370 g/mol. The number of sulfonamides is 1. The van der Waals surface area contributed by atoms with Gasteiger partial charge in [0.25, 0.3) is 5.91 Å². The molecule has 0 unspecified atom stereocenters. The van der Waals surface area contributed by atoms with Crippen LogP contribution in [-0.2, 0) is 19.6 Å². The number of primary sulfonamides is 1. The molecule has 0 spiro atoms. The molecule has 9 heteroatoms. The van der Waals surface area contributed by atoms with Gasteiger partial charge >= 0.3 is 5.97 Å². The maximum Gasteiger partial charge on any atom is 0.342 e. The van der Waals surface area contributed by atoms with Gasteiger partial charge in [0.2, 0.25) is 10.0 Å². The second-order valence-electron chi connectivity index (χ2n) is 5.92. The van der Waals surface area contributed by atoms with Crippen LogP contribution in [-0.4, -0.2) is 51.5 Å². The molecule has 1 aromatic rings. The lowest BCUT2D eigenvalue weighted by Crippen LogP contribution is -2.44. The SMILES string of the molecule is COc1ccc(S(N)(=O)=O)cc1C(=O)OCC(=O)N1CCCC[C@H]1C. The minimum absolute atomic E-state index is 0.103. The minimum Gasteiger partial charge on any atom is -0.496 e. The number of hydrogen-bond donors (Lipinski definition) is 1. The van der Waals surface area contributed by atoms with E-state index >= 15 is 0 Å². The Balaban J connectivity index is 2.11. The number of rotatable bonds is 5. The van der Waals surface area contributed by atoms with Crippen molar-refractivity contribution in [3.8, 4) is 5.75 Å². The van der Waals surface area contributed by atoms with Crippen molar-refractivity contribution >= 4 is 21.9 Å². The van der Waals surface area contributed by atoms with E-state index in [1.807, 2.05) is 6.92 Å². The summed E-state index contributed by atoms with van der Waals surface area (Å²) < 4.78 is 33.0. The van der Waals surface area contributed by atoms with E-state index < -0.39 is 22.6 Å². The second-order valence-corrected chi connectivity index (χ2v) is 7.48. The highest BCUT2D eigenvalue weighted by molar-refractivity contribution is 7.89. The van der Waals surface area contributed by atoms with E-state index in [1.165, 1.54) is 19.2 Å². The second kappa shape index (κ2) is 7.83. The van der Waals surface area contributed by atoms with Gasteiger partial charge in [-0.05, 0) is 44.4 Å². The van der Waals surface area contributed by atoms with Crippen molar-refractivity contribution in [2.75, 3.05) is 20.3 Å². The van der Waals surface area contributed by atoms with E-state index in [9.17, 15) is 18.0 Å². The average Bonchev–Trinajstić information content (AvgIpc) is 2.58. The Bertz CT molecular complexity index is 762. The van der Waals surface area contributed by atoms with Crippen molar-refractivity contribution in [2.24, 2.45) is 5.14 Å². The van der Waals surface area contributed by atoms with E-state index in [0.717, 1.165) is 25.3 Å². The summed E-state index contributed by atoms with van der Waals surface area (Å²) in [7, 11) is -2.64. The summed E-state index contributed by atoms with van der Waals surface area (Å²) in [5.41, 5.74) is -0.103. The number of ether oxygens (including phenoxy) is 2. The fourth-order valence-corrected chi connectivity index (χ4v) is 3.32. The number of benzene rings is 1. The highest BCUT2D eigenvalue weighted by Crippen LogP contribution is 2.23. The molecule has 1 aliphatic rings. The fraction of sp³-hybridized carbons (Fsp3) is 0.500. The van der Waals surface area contributed by atoms with Gasteiger partial charge < -0.3 is 14.4 Å². The van der Waals surface area contributed by atoms with Crippen LogP contribution in [0.25, 0.3) is 0 Å². The number of nitrogens with zero attached hydrogens (tertiary/aromatic N) is 1. The quantitative estimate of drug-likeness (QED) is 0.770. The zero-order chi connectivity index (χ0) is 18.6. The summed E-state index contributed by atoms with van der Waals surface area (Å²) in [4.78, 5) is 25.9. The maximum atomic E-state index is 12.3. The number of piperidine rings is 1. The third-order valence-electron chi connectivity index (χ3n) is 4.17. The lowest BCUT2D eigenvalue weighted by Gasteiger charge is -2.33. The summed E-state index contributed by atoms with van der Waals surface area (Å²) in [5, 5.41) is 5.07. The van der Waals surface area contributed by atoms with Crippen LogP contribution in [0.2, 0.25) is 0 Å². The van der Waals surface area contributed by atoms with Crippen molar-refractivity contribution in [1.29, 1.82) is 0 Å². The molecule has 2 rings (SSSR count). The van der Waals surface area contributed by atoms with Crippen LogP contribution in [0.4, 0.5) is 0 Å². The molecule has 8 nitrogen and oxygen atoms in total. The topological polar surface area (TPSA) is 116 Å². The Morgan fingerprint density at radius 2 is 2.04 bits per heavy atom. The first-order valence-electron chi connectivity index (χ1n) is 7.91. The molecular formula is C16H22N2O6S. The maximum absolute atomic E-state index is 12.3. The summed E-state index contributed by atoms with van der Waals surface area (Å²) >= 11 is 0. The van der Waals surface area contributed by atoms with Gasteiger partial charge in [-0.3, -0.25) is 4.79 Å². The van der Waals surface area contributed by atoms with Crippen molar-refractivity contribution < 1.29 is 27.5 Å². The highest BCUT2D eigenvalue weighted by Gasteiger charge is 2.25. The van der Waals surface area contributed by atoms with Crippen LogP contribution >= 0.6 is 0 Å². The van der Waals surface area contributed by atoms with Crippen LogP contribution < -0.4 is 9.88 Å². The normalized spacial score (nSPS) is 17.9. The zero-order valence-electron chi connectivity index (χ0n) is 14.2. The zero-order valence-corrected chi connectivity index (χ0v) is 15.0. The first-order chi connectivity index (χ1) is 11.7. The minimum atomic E-state index is -3.98. The number of esters is 1. The van der Waals surface area contributed by atoms with Gasteiger partial charge in [-0.1, -0.05) is 0 Å². The molecule has 1 atom stereocenters. The molecule has 138 valence electrons. The van der Waals surface area contributed by atoms with Crippen LogP contribution in [0.3, 0.4) is 0 Å². The molecular weight excluding hydrogens is 348 g/mol.